The molecule has 0 unspecified atom stereocenters. The van der Waals surface area contributed by atoms with Crippen LogP contribution in [-0.2, 0) is 9.47 Å². The number of aromatic nitrogens is 1. The van der Waals surface area contributed by atoms with Gasteiger partial charge in [0.25, 0.3) is 0 Å². The van der Waals surface area contributed by atoms with Gasteiger partial charge in [0.1, 0.15) is 11.4 Å². The fourth-order valence-corrected chi connectivity index (χ4v) is 2.42. The van der Waals surface area contributed by atoms with E-state index in [4.69, 9.17) is 14.2 Å². The molecule has 0 aliphatic rings. The molecule has 0 spiro atoms. The van der Waals surface area contributed by atoms with Crippen LogP contribution in [0.2, 0.25) is 0 Å². The Morgan fingerprint density at radius 1 is 1.15 bits per heavy atom. The number of esters is 1. The first-order valence-electron chi connectivity index (χ1n) is 8.87. The van der Waals surface area contributed by atoms with Crippen LogP contribution in [0.5, 0.6) is 5.75 Å². The van der Waals surface area contributed by atoms with Gasteiger partial charge < -0.3 is 19.5 Å². The number of carbonyl (C=O) groups is 2. The zero-order valence-corrected chi connectivity index (χ0v) is 16.2. The Morgan fingerprint density at radius 2 is 1.93 bits per heavy atom. The normalized spacial score (nSPS) is 11.1. The first kappa shape index (κ1) is 20.5. The van der Waals surface area contributed by atoms with Crippen molar-refractivity contribution in [2.24, 2.45) is 0 Å². The number of benzene rings is 1. The van der Waals surface area contributed by atoms with E-state index in [2.05, 4.69) is 10.3 Å². The van der Waals surface area contributed by atoms with E-state index in [0.29, 0.717) is 35.4 Å². The second-order valence-electron chi connectivity index (χ2n) is 7.01. The third-order valence-corrected chi connectivity index (χ3v) is 3.63. The molecular weight excluding hydrogens is 348 g/mol. The molecule has 1 amide bonds. The molecule has 2 aromatic rings. The molecule has 27 heavy (non-hydrogen) atoms. The van der Waals surface area contributed by atoms with Gasteiger partial charge in [0.15, 0.2) is 0 Å². The third-order valence-electron chi connectivity index (χ3n) is 3.63. The highest BCUT2D eigenvalue weighted by Crippen LogP contribution is 2.23. The first-order chi connectivity index (χ1) is 12.8. The SMILES string of the molecule is COC(=O)c1ccnc2ccc(OCCCCNC(=O)OC(C)(C)C)cc12. The Hall–Kier alpha value is -2.83. The third kappa shape index (κ3) is 6.44. The van der Waals surface area contributed by atoms with Gasteiger partial charge in [-0.2, -0.15) is 0 Å². The Labute approximate surface area is 159 Å². The summed E-state index contributed by atoms with van der Waals surface area (Å²) in [5.74, 6) is 0.244. The molecule has 0 radical (unpaired) electrons. The summed E-state index contributed by atoms with van der Waals surface area (Å²) in [6.07, 6.45) is 2.69. The lowest BCUT2D eigenvalue weighted by molar-refractivity contribution is 0.0525. The molecule has 2 rings (SSSR count). The predicted molar refractivity (Wildman–Crippen MR) is 102 cm³/mol. The van der Waals surface area contributed by atoms with Crippen LogP contribution in [0.1, 0.15) is 44.0 Å². The maximum atomic E-state index is 11.9. The molecule has 0 aliphatic carbocycles. The van der Waals surface area contributed by atoms with Gasteiger partial charge in [-0.25, -0.2) is 9.59 Å². The lowest BCUT2D eigenvalue weighted by Crippen LogP contribution is -2.33. The number of unbranched alkanes of at least 4 members (excludes halogenated alkanes) is 1. The fraction of sp³-hybridized carbons (Fsp3) is 0.450. The van der Waals surface area contributed by atoms with Crippen LogP contribution in [0.25, 0.3) is 10.9 Å². The maximum Gasteiger partial charge on any atom is 0.407 e. The number of pyridine rings is 1. The van der Waals surface area contributed by atoms with E-state index in [1.54, 1.807) is 24.4 Å². The van der Waals surface area contributed by atoms with Gasteiger partial charge in [-0.1, -0.05) is 0 Å². The number of alkyl carbamates (subject to hydrolysis) is 1. The van der Waals surface area contributed by atoms with Crippen LogP contribution in [0.4, 0.5) is 4.79 Å². The lowest BCUT2D eigenvalue weighted by atomic mass is 10.1. The Morgan fingerprint density at radius 3 is 2.63 bits per heavy atom. The smallest absolute Gasteiger partial charge is 0.407 e. The predicted octanol–water partition coefficient (Wildman–Crippen LogP) is 3.71. The van der Waals surface area contributed by atoms with Crippen molar-refractivity contribution in [2.45, 2.75) is 39.2 Å². The molecule has 0 fully saturated rings. The van der Waals surface area contributed by atoms with Crippen molar-refractivity contribution >= 4 is 23.0 Å². The van der Waals surface area contributed by atoms with Crippen molar-refractivity contribution in [3.8, 4) is 5.75 Å². The summed E-state index contributed by atoms with van der Waals surface area (Å²) in [4.78, 5) is 27.7. The summed E-state index contributed by atoms with van der Waals surface area (Å²) in [5.41, 5.74) is 0.655. The number of fused-ring (bicyclic) bond motifs is 1. The summed E-state index contributed by atoms with van der Waals surface area (Å²) in [6.45, 7) is 6.49. The maximum absolute atomic E-state index is 11.9. The zero-order valence-electron chi connectivity index (χ0n) is 16.2. The molecule has 7 nitrogen and oxygen atoms in total. The minimum Gasteiger partial charge on any atom is -0.494 e. The van der Waals surface area contributed by atoms with Crippen molar-refractivity contribution in [2.75, 3.05) is 20.3 Å². The van der Waals surface area contributed by atoms with E-state index in [0.717, 1.165) is 12.8 Å². The van der Waals surface area contributed by atoms with E-state index < -0.39 is 17.7 Å². The number of rotatable bonds is 7. The molecule has 0 saturated carbocycles. The van der Waals surface area contributed by atoms with Crippen molar-refractivity contribution in [3.63, 3.8) is 0 Å². The van der Waals surface area contributed by atoms with E-state index >= 15 is 0 Å². The molecule has 1 aromatic heterocycles. The number of amides is 1. The van der Waals surface area contributed by atoms with Crippen LogP contribution < -0.4 is 10.1 Å². The van der Waals surface area contributed by atoms with E-state index in [-0.39, 0.29) is 0 Å². The van der Waals surface area contributed by atoms with Crippen molar-refractivity contribution in [1.29, 1.82) is 0 Å². The average Bonchev–Trinajstić information content (AvgIpc) is 2.61. The molecule has 0 bridgehead atoms. The highest BCUT2D eigenvalue weighted by atomic mass is 16.6. The molecule has 0 aliphatic heterocycles. The van der Waals surface area contributed by atoms with Gasteiger partial charge in [0.05, 0.1) is 24.8 Å². The standard InChI is InChI=1S/C20H26N2O5/c1-20(2,3)27-19(24)22-10-5-6-12-26-14-7-8-17-16(13-14)15(9-11-21-17)18(23)25-4/h7-9,11,13H,5-6,10,12H2,1-4H3,(H,22,24). The van der Waals surface area contributed by atoms with Crippen LogP contribution in [-0.4, -0.2) is 42.9 Å². The number of ether oxygens (including phenoxy) is 3. The van der Waals surface area contributed by atoms with Gasteiger partial charge >= 0.3 is 12.1 Å². The number of methoxy groups -OCH3 is 1. The largest absolute Gasteiger partial charge is 0.494 e. The molecule has 146 valence electrons. The number of nitrogens with one attached hydrogen (secondary N) is 1. The molecule has 1 N–H and O–H groups in total. The Balaban J connectivity index is 1.82. The summed E-state index contributed by atoms with van der Waals surface area (Å²) < 4.78 is 15.7. The van der Waals surface area contributed by atoms with Crippen LogP contribution in [0.15, 0.2) is 30.5 Å². The van der Waals surface area contributed by atoms with Crippen LogP contribution in [0, 0.1) is 0 Å². The Bertz CT molecular complexity index is 799. The first-order valence-corrected chi connectivity index (χ1v) is 8.87. The van der Waals surface area contributed by atoms with Gasteiger partial charge in [-0.3, -0.25) is 4.98 Å². The Kier molecular flexibility index (Phi) is 6.98. The zero-order chi connectivity index (χ0) is 19.9. The molecule has 1 aromatic carbocycles. The van der Waals surface area contributed by atoms with Crippen LogP contribution in [0.3, 0.4) is 0 Å². The summed E-state index contributed by atoms with van der Waals surface area (Å²) in [7, 11) is 1.35. The number of carbonyl (C=O) groups excluding carboxylic acids is 2. The fourth-order valence-electron chi connectivity index (χ4n) is 2.42. The van der Waals surface area contributed by atoms with E-state index in [1.165, 1.54) is 7.11 Å². The van der Waals surface area contributed by atoms with Gasteiger partial charge in [0, 0.05) is 18.1 Å². The number of hydrogen-bond donors (Lipinski definition) is 1. The molecule has 0 atom stereocenters. The number of nitrogens with zero attached hydrogens (tertiary/aromatic N) is 1. The summed E-state index contributed by atoms with van der Waals surface area (Å²) in [6, 6.07) is 7.03. The second kappa shape index (κ2) is 9.21. The van der Waals surface area contributed by atoms with Gasteiger partial charge in [0.2, 0.25) is 0 Å². The van der Waals surface area contributed by atoms with Crippen molar-refractivity contribution in [1.82, 2.24) is 10.3 Å². The van der Waals surface area contributed by atoms with Crippen LogP contribution >= 0.6 is 0 Å². The monoisotopic (exact) mass is 374 g/mol. The number of hydrogen-bond acceptors (Lipinski definition) is 6. The summed E-state index contributed by atoms with van der Waals surface area (Å²) in [5, 5.41) is 3.40. The lowest BCUT2D eigenvalue weighted by Gasteiger charge is -2.19. The minimum atomic E-state index is -0.499. The second-order valence-corrected chi connectivity index (χ2v) is 7.01. The molecule has 1 heterocycles. The highest BCUT2D eigenvalue weighted by Gasteiger charge is 2.15. The van der Waals surface area contributed by atoms with E-state index in [9.17, 15) is 9.59 Å². The summed E-state index contributed by atoms with van der Waals surface area (Å²) >= 11 is 0. The van der Waals surface area contributed by atoms with Crippen molar-refractivity contribution in [3.05, 3.63) is 36.0 Å². The highest BCUT2D eigenvalue weighted by molar-refractivity contribution is 6.03. The average molecular weight is 374 g/mol. The van der Waals surface area contributed by atoms with Crippen molar-refractivity contribution < 1.29 is 23.8 Å². The van der Waals surface area contributed by atoms with Gasteiger partial charge in [-0.15, -0.1) is 0 Å². The van der Waals surface area contributed by atoms with Gasteiger partial charge in [-0.05, 0) is 57.9 Å². The molecule has 7 heteroatoms. The minimum absolute atomic E-state index is 0.409. The topological polar surface area (TPSA) is 86.8 Å². The van der Waals surface area contributed by atoms with E-state index in [1.807, 2.05) is 26.8 Å². The quantitative estimate of drug-likeness (QED) is 0.587. The molecular formula is C20H26N2O5. The molecule has 0 saturated heterocycles.